The Bertz CT molecular complexity index is 486. The summed E-state index contributed by atoms with van der Waals surface area (Å²) in [4.78, 5) is 27.1. The Morgan fingerprint density at radius 2 is 2.26 bits per heavy atom. The van der Waals surface area contributed by atoms with Gasteiger partial charge in [0.15, 0.2) is 0 Å². The van der Waals surface area contributed by atoms with Crippen molar-refractivity contribution in [2.75, 3.05) is 19.3 Å². The summed E-state index contributed by atoms with van der Waals surface area (Å²) < 4.78 is 0. The summed E-state index contributed by atoms with van der Waals surface area (Å²) >= 11 is 3.03. The van der Waals surface area contributed by atoms with Gasteiger partial charge >= 0.3 is 5.97 Å². The van der Waals surface area contributed by atoms with Gasteiger partial charge in [-0.15, -0.1) is 23.1 Å². The fourth-order valence-corrected chi connectivity index (χ4v) is 4.17. The Hall–Kier alpha value is -1.01. The third kappa shape index (κ3) is 2.95. The maximum absolute atomic E-state index is 12.4. The van der Waals surface area contributed by atoms with Crippen LogP contribution in [0, 0.1) is 11.8 Å². The molecule has 1 aliphatic heterocycles. The Balaban J connectivity index is 2.08. The van der Waals surface area contributed by atoms with Crippen LogP contribution < -0.4 is 0 Å². The van der Waals surface area contributed by atoms with E-state index < -0.39 is 5.97 Å². The first-order valence-corrected chi connectivity index (χ1v) is 8.28. The number of piperidine rings is 1. The maximum Gasteiger partial charge on any atom is 0.306 e. The molecule has 1 aromatic heterocycles. The Morgan fingerprint density at radius 3 is 2.84 bits per heavy atom. The Morgan fingerprint density at radius 1 is 1.53 bits per heavy atom. The topological polar surface area (TPSA) is 57.6 Å². The molecule has 2 rings (SSSR count). The molecule has 1 amide bonds. The predicted octanol–water partition coefficient (Wildman–Crippen LogP) is 2.65. The molecule has 1 aliphatic rings. The summed E-state index contributed by atoms with van der Waals surface area (Å²) in [6, 6.07) is 1.95. The second-order valence-electron chi connectivity index (χ2n) is 4.78. The van der Waals surface area contributed by atoms with Gasteiger partial charge in [0.05, 0.1) is 5.92 Å². The number of thioether (sulfide) groups is 1. The van der Waals surface area contributed by atoms with Crippen molar-refractivity contribution in [1.29, 1.82) is 0 Å². The molecule has 4 nitrogen and oxygen atoms in total. The summed E-state index contributed by atoms with van der Waals surface area (Å²) in [7, 11) is 0. The highest BCUT2D eigenvalue weighted by atomic mass is 32.2. The number of carbonyl (C=O) groups excluding carboxylic acids is 1. The highest BCUT2D eigenvalue weighted by Crippen LogP contribution is 2.30. The van der Waals surface area contributed by atoms with Crippen LogP contribution in [0.15, 0.2) is 16.3 Å². The Kier molecular flexibility index (Phi) is 4.52. The van der Waals surface area contributed by atoms with Crippen molar-refractivity contribution in [2.24, 2.45) is 11.8 Å². The molecular weight excluding hydrogens is 282 g/mol. The fourth-order valence-electron chi connectivity index (χ4n) is 2.45. The molecule has 1 fully saturated rings. The second kappa shape index (κ2) is 5.96. The number of likely N-dealkylation sites (tertiary alicyclic amines) is 1. The standard InChI is InChI=1S/C13H17NO3S2/c1-8-7-14(5-3-9(8)13(16)17)12(15)11-10(18-2)4-6-19-11/h4,6,8-9H,3,5,7H2,1-2H3,(H,16,17). The lowest BCUT2D eigenvalue weighted by Crippen LogP contribution is -2.44. The number of rotatable bonds is 3. The molecule has 0 aromatic carbocycles. The third-order valence-electron chi connectivity index (χ3n) is 3.55. The SMILES string of the molecule is CSc1ccsc1C(=O)N1CCC(C(=O)O)C(C)C1. The van der Waals surface area contributed by atoms with Gasteiger partial charge in [0.25, 0.3) is 5.91 Å². The zero-order valence-corrected chi connectivity index (χ0v) is 12.6. The maximum atomic E-state index is 12.4. The van der Waals surface area contributed by atoms with Crippen LogP contribution in [0.1, 0.15) is 23.0 Å². The first-order chi connectivity index (χ1) is 9.04. The van der Waals surface area contributed by atoms with Gasteiger partial charge in [-0.25, -0.2) is 0 Å². The van der Waals surface area contributed by atoms with Gasteiger partial charge in [0, 0.05) is 18.0 Å². The molecular formula is C13H17NO3S2. The number of hydrogen-bond donors (Lipinski definition) is 1. The summed E-state index contributed by atoms with van der Waals surface area (Å²) in [5.41, 5.74) is 0. The normalized spacial score (nSPS) is 23.4. The van der Waals surface area contributed by atoms with Crippen molar-refractivity contribution in [2.45, 2.75) is 18.2 Å². The van der Waals surface area contributed by atoms with Crippen molar-refractivity contribution >= 4 is 35.0 Å². The molecule has 0 aliphatic carbocycles. The molecule has 0 bridgehead atoms. The van der Waals surface area contributed by atoms with Crippen LogP contribution in [0.25, 0.3) is 0 Å². The molecule has 1 N–H and O–H groups in total. The number of hydrogen-bond acceptors (Lipinski definition) is 4. The van der Waals surface area contributed by atoms with Gasteiger partial charge in [-0.1, -0.05) is 6.92 Å². The molecule has 2 atom stereocenters. The number of nitrogens with zero attached hydrogens (tertiary/aromatic N) is 1. The lowest BCUT2D eigenvalue weighted by molar-refractivity contribution is -0.145. The van der Waals surface area contributed by atoms with Gasteiger partial charge in [0.2, 0.25) is 0 Å². The van der Waals surface area contributed by atoms with Crippen LogP contribution in [-0.4, -0.2) is 41.2 Å². The van der Waals surface area contributed by atoms with E-state index in [1.54, 1.807) is 16.7 Å². The molecule has 104 valence electrons. The monoisotopic (exact) mass is 299 g/mol. The van der Waals surface area contributed by atoms with Gasteiger partial charge < -0.3 is 10.0 Å². The smallest absolute Gasteiger partial charge is 0.306 e. The number of thiophene rings is 1. The van der Waals surface area contributed by atoms with Crippen molar-refractivity contribution < 1.29 is 14.7 Å². The largest absolute Gasteiger partial charge is 0.481 e. The fraction of sp³-hybridized carbons (Fsp3) is 0.538. The average molecular weight is 299 g/mol. The minimum Gasteiger partial charge on any atom is -0.481 e. The minimum atomic E-state index is -0.750. The van der Waals surface area contributed by atoms with Crippen LogP contribution in [-0.2, 0) is 4.79 Å². The summed E-state index contributed by atoms with van der Waals surface area (Å²) in [5, 5.41) is 11.0. The van der Waals surface area contributed by atoms with E-state index >= 15 is 0 Å². The van der Waals surface area contributed by atoms with E-state index in [0.29, 0.717) is 19.5 Å². The van der Waals surface area contributed by atoms with Crippen molar-refractivity contribution in [3.63, 3.8) is 0 Å². The lowest BCUT2D eigenvalue weighted by Gasteiger charge is -2.34. The number of carboxylic acid groups (broad SMARTS) is 1. The van der Waals surface area contributed by atoms with Crippen molar-refractivity contribution in [3.05, 3.63) is 16.3 Å². The Labute approximate surface area is 120 Å². The van der Waals surface area contributed by atoms with Crippen LogP contribution in [0.4, 0.5) is 0 Å². The number of aliphatic carboxylic acids is 1. The molecule has 0 spiro atoms. The predicted molar refractivity (Wildman–Crippen MR) is 76.9 cm³/mol. The molecule has 6 heteroatoms. The van der Waals surface area contributed by atoms with Crippen LogP contribution in [0.2, 0.25) is 0 Å². The van der Waals surface area contributed by atoms with E-state index in [2.05, 4.69) is 0 Å². The summed E-state index contributed by atoms with van der Waals surface area (Å²) in [6.45, 7) is 2.97. The van der Waals surface area contributed by atoms with E-state index in [0.717, 1.165) is 9.77 Å². The highest BCUT2D eigenvalue weighted by Gasteiger charge is 2.33. The van der Waals surface area contributed by atoms with Crippen LogP contribution in [0.5, 0.6) is 0 Å². The summed E-state index contributed by atoms with van der Waals surface area (Å²) in [6.07, 6.45) is 2.50. The van der Waals surface area contributed by atoms with Crippen LogP contribution in [0.3, 0.4) is 0 Å². The van der Waals surface area contributed by atoms with Gasteiger partial charge in [-0.2, -0.15) is 0 Å². The van der Waals surface area contributed by atoms with Crippen molar-refractivity contribution in [3.8, 4) is 0 Å². The van der Waals surface area contributed by atoms with E-state index in [1.807, 2.05) is 24.6 Å². The van der Waals surface area contributed by atoms with E-state index in [1.165, 1.54) is 11.3 Å². The van der Waals surface area contributed by atoms with Crippen LogP contribution >= 0.6 is 23.1 Å². The van der Waals surface area contributed by atoms with Crippen molar-refractivity contribution in [1.82, 2.24) is 4.90 Å². The lowest BCUT2D eigenvalue weighted by atomic mass is 9.87. The van der Waals surface area contributed by atoms with Gasteiger partial charge in [-0.3, -0.25) is 9.59 Å². The first-order valence-electron chi connectivity index (χ1n) is 6.18. The van der Waals surface area contributed by atoms with E-state index in [4.69, 9.17) is 5.11 Å². The summed E-state index contributed by atoms with van der Waals surface area (Å²) in [5.74, 6) is -1.03. The van der Waals surface area contributed by atoms with E-state index in [9.17, 15) is 9.59 Å². The highest BCUT2D eigenvalue weighted by molar-refractivity contribution is 7.98. The zero-order chi connectivity index (χ0) is 14.0. The number of amides is 1. The number of carbonyl (C=O) groups is 2. The molecule has 0 saturated carbocycles. The molecule has 1 saturated heterocycles. The molecule has 1 aromatic rings. The molecule has 0 radical (unpaired) electrons. The van der Waals surface area contributed by atoms with E-state index in [-0.39, 0.29) is 17.7 Å². The average Bonchev–Trinajstić information content (AvgIpc) is 2.85. The third-order valence-corrected chi connectivity index (χ3v) is 5.36. The molecule has 2 unspecified atom stereocenters. The zero-order valence-electron chi connectivity index (χ0n) is 11.0. The molecule has 2 heterocycles. The van der Waals surface area contributed by atoms with Gasteiger partial charge in [0.1, 0.15) is 4.88 Å². The quantitative estimate of drug-likeness (QED) is 0.872. The molecule has 19 heavy (non-hydrogen) atoms. The second-order valence-corrected chi connectivity index (χ2v) is 6.54. The minimum absolute atomic E-state index is 0.00731. The van der Waals surface area contributed by atoms with Gasteiger partial charge in [-0.05, 0) is 30.0 Å². The number of carboxylic acids is 1. The first kappa shape index (κ1) is 14.4.